The van der Waals surface area contributed by atoms with Crippen molar-refractivity contribution in [3.05, 3.63) is 66.2 Å². The highest BCUT2D eigenvalue weighted by Crippen LogP contribution is 2.23. The fourth-order valence-electron chi connectivity index (χ4n) is 2.88. The van der Waals surface area contributed by atoms with Crippen molar-refractivity contribution in [2.75, 3.05) is 12.3 Å². The number of carbonyl (C=O) groups excluding carboxylic acids is 2. The molecular weight excluding hydrogens is 394 g/mol. The number of nitrogens with one attached hydrogen (secondary N) is 1. The topological polar surface area (TPSA) is 119 Å². The van der Waals surface area contributed by atoms with Crippen LogP contribution in [0, 0.1) is 0 Å². The third kappa shape index (κ3) is 4.75. The monoisotopic (exact) mass is 413 g/mol. The molecule has 0 aromatic heterocycles. The molecule has 2 aromatic carbocycles. The summed E-state index contributed by atoms with van der Waals surface area (Å²) in [6.45, 7) is 0.0738. The number of likely N-dealkylation sites (tertiary alicyclic amines) is 1. The van der Waals surface area contributed by atoms with E-state index in [0.717, 1.165) is 4.90 Å². The molecule has 0 bridgehead atoms. The predicted octanol–water partition coefficient (Wildman–Crippen LogP) is 1.44. The largest absolute Gasteiger partial charge is 0.480 e. The molecule has 0 radical (unpaired) electrons. The van der Waals surface area contributed by atoms with E-state index in [9.17, 15) is 19.5 Å². The summed E-state index contributed by atoms with van der Waals surface area (Å²) in [6, 6.07) is 15.8. The van der Waals surface area contributed by atoms with E-state index in [2.05, 4.69) is 10.5 Å². The van der Waals surface area contributed by atoms with Gasteiger partial charge in [-0.15, -0.1) is 11.8 Å². The standard InChI is InChI=1S/C20H19N3O5S/c24-18(17(22-28)13-7-3-1-4-8-13)21-15-11-23(19(15)25)16(20(26)27)12-29-14-9-5-2-6-10-14/h1-10,15-16,28H,11-12H2,(H,21,24)(H,26,27). The van der Waals surface area contributed by atoms with Crippen molar-refractivity contribution in [3.63, 3.8) is 0 Å². The van der Waals surface area contributed by atoms with Gasteiger partial charge in [0.25, 0.3) is 5.91 Å². The number of carboxylic acid groups (broad SMARTS) is 1. The van der Waals surface area contributed by atoms with Crippen LogP contribution in [0.25, 0.3) is 0 Å². The third-order valence-electron chi connectivity index (χ3n) is 4.44. The maximum atomic E-state index is 12.4. The molecule has 9 heteroatoms. The molecule has 1 fully saturated rings. The quantitative estimate of drug-likeness (QED) is 0.198. The number of aliphatic carboxylic acids is 1. The zero-order chi connectivity index (χ0) is 20.8. The van der Waals surface area contributed by atoms with Gasteiger partial charge in [-0.1, -0.05) is 53.7 Å². The van der Waals surface area contributed by atoms with Crippen molar-refractivity contribution in [2.45, 2.75) is 17.0 Å². The fourth-order valence-corrected chi connectivity index (χ4v) is 3.91. The highest BCUT2D eigenvalue weighted by atomic mass is 32.2. The van der Waals surface area contributed by atoms with Crippen molar-refractivity contribution in [1.29, 1.82) is 0 Å². The number of nitrogens with zero attached hydrogens (tertiary/aromatic N) is 2. The molecule has 150 valence electrons. The number of carbonyl (C=O) groups is 3. The van der Waals surface area contributed by atoms with Crippen LogP contribution in [0.4, 0.5) is 0 Å². The number of thioether (sulfide) groups is 1. The lowest BCUT2D eigenvalue weighted by Crippen LogP contribution is -2.68. The lowest BCUT2D eigenvalue weighted by atomic mass is 10.0. The number of rotatable bonds is 8. The fraction of sp³-hybridized carbons (Fsp3) is 0.200. The van der Waals surface area contributed by atoms with Gasteiger partial charge in [-0.05, 0) is 12.1 Å². The Bertz CT molecular complexity index is 920. The molecule has 2 aromatic rings. The van der Waals surface area contributed by atoms with Gasteiger partial charge >= 0.3 is 5.97 Å². The van der Waals surface area contributed by atoms with Crippen LogP contribution < -0.4 is 5.32 Å². The molecule has 29 heavy (non-hydrogen) atoms. The molecule has 0 aliphatic carbocycles. The zero-order valence-corrected chi connectivity index (χ0v) is 16.1. The van der Waals surface area contributed by atoms with E-state index in [0.29, 0.717) is 5.56 Å². The molecule has 8 nitrogen and oxygen atoms in total. The molecule has 1 aliphatic heterocycles. The normalized spacial score (nSPS) is 17.4. The van der Waals surface area contributed by atoms with Crippen LogP contribution in [0.5, 0.6) is 0 Å². The van der Waals surface area contributed by atoms with Crippen molar-refractivity contribution in [3.8, 4) is 0 Å². The van der Waals surface area contributed by atoms with E-state index in [1.807, 2.05) is 30.3 Å². The number of oxime groups is 1. The SMILES string of the molecule is O=C(NC1CN(C(CSc2ccccc2)C(=O)O)C1=O)C(=NO)c1ccccc1. The average molecular weight is 413 g/mol. The molecule has 0 saturated carbocycles. The molecule has 3 N–H and O–H groups in total. The average Bonchev–Trinajstić information content (AvgIpc) is 2.74. The van der Waals surface area contributed by atoms with Crippen LogP contribution in [-0.4, -0.2) is 63.1 Å². The Hall–Kier alpha value is -3.33. The Morgan fingerprint density at radius 3 is 2.31 bits per heavy atom. The molecule has 2 amide bonds. The number of hydrogen-bond donors (Lipinski definition) is 3. The highest BCUT2D eigenvalue weighted by molar-refractivity contribution is 7.99. The van der Waals surface area contributed by atoms with E-state index in [1.165, 1.54) is 16.7 Å². The second-order valence-electron chi connectivity index (χ2n) is 6.31. The van der Waals surface area contributed by atoms with Crippen molar-refractivity contribution in [2.24, 2.45) is 5.16 Å². The van der Waals surface area contributed by atoms with Crippen LogP contribution in [0.2, 0.25) is 0 Å². The van der Waals surface area contributed by atoms with Crippen molar-refractivity contribution in [1.82, 2.24) is 10.2 Å². The second kappa shape index (κ2) is 9.24. The summed E-state index contributed by atoms with van der Waals surface area (Å²) in [4.78, 5) is 38.5. The lowest BCUT2D eigenvalue weighted by molar-refractivity contribution is -0.158. The summed E-state index contributed by atoms with van der Waals surface area (Å²) < 4.78 is 0. The van der Waals surface area contributed by atoms with Crippen LogP contribution in [0.1, 0.15) is 5.56 Å². The Morgan fingerprint density at radius 1 is 1.14 bits per heavy atom. The first-order valence-corrected chi connectivity index (χ1v) is 9.79. The molecule has 2 unspecified atom stereocenters. The number of carboxylic acids is 1. The summed E-state index contributed by atoms with van der Waals surface area (Å²) in [5, 5.41) is 24.2. The molecular formula is C20H19N3O5S. The highest BCUT2D eigenvalue weighted by Gasteiger charge is 2.44. The van der Waals surface area contributed by atoms with Gasteiger partial charge in [0.05, 0.1) is 6.54 Å². The molecule has 0 spiro atoms. The maximum absolute atomic E-state index is 12.4. The van der Waals surface area contributed by atoms with Gasteiger partial charge in [-0.2, -0.15) is 0 Å². The van der Waals surface area contributed by atoms with Crippen LogP contribution in [0.15, 0.2) is 70.7 Å². The van der Waals surface area contributed by atoms with Crippen LogP contribution in [-0.2, 0) is 14.4 Å². The summed E-state index contributed by atoms with van der Waals surface area (Å²) in [7, 11) is 0. The van der Waals surface area contributed by atoms with Gasteiger partial charge in [-0.3, -0.25) is 9.59 Å². The minimum atomic E-state index is -1.10. The smallest absolute Gasteiger partial charge is 0.327 e. The van der Waals surface area contributed by atoms with Crippen LogP contribution >= 0.6 is 11.8 Å². The zero-order valence-electron chi connectivity index (χ0n) is 15.3. The summed E-state index contributed by atoms with van der Waals surface area (Å²) in [5.41, 5.74) is 0.185. The second-order valence-corrected chi connectivity index (χ2v) is 7.40. The summed E-state index contributed by atoms with van der Waals surface area (Å²) >= 11 is 1.34. The molecule has 2 atom stereocenters. The van der Waals surface area contributed by atoms with E-state index >= 15 is 0 Å². The minimum Gasteiger partial charge on any atom is -0.480 e. The minimum absolute atomic E-state index is 0.0738. The first-order chi connectivity index (χ1) is 14.0. The first-order valence-electron chi connectivity index (χ1n) is 8.80. The summed E-state index contributed by atoms with van der Waals surface area (Å²) in [6.07, 6.45) is 0. The maximum Gasteiger partial charge on any atom is 0.327 e. The Balaban J connectivity index is 1.59. The van der Waals surface area contributed by atoms with Gasteiger partial charge in [0.1, 0.15) is 12.1 Å². The van der Waals surface area contributed by atoms with Crippen molar-refractivity contribution >= 4 is 35.3 Å². The molecule has 3 rings (SSSR count). The van der Waals surface area contributed by atoms with Crippen LogP contribution in [0.3, 0.4) is 0 Å². The Morgan fingerprint density at radius 2 is 1.76 bits per heavy atom. The number of hydrogen-bond acceptors (Lipinski definition) is 6. The van der Waals surface area contributed by atoms with Gasteiger partial charge in [0.15, 0.2) is 5.71 Å². The lowest BCUT2D eigenvalue weighted by Gasteiger charge is -2.42. The van der Waals surface area contributed by atoms with E-state index in [1.54, 1.807) is 30.3 Å². The molecule has 1 heterocycles. The Labute approximate surface area is 171 Å². The van der Waals surface area contributed by atoms with Gasteiger partial charge in [0, 0.05) is 16.2 Å². The number of benzene rings is 2. The van der Waals surface area contributed by atoms with Crippen molar-refractivity contribution < 1.29 is 24.7 Å². The summed E-state index contributed by atoms with van der Waals surface area (Å²) in [5.74, 6) is -2.10. The number of amides is 2. The first kappa shape index (κ1) is 20.4. The van der Waals surface area contributed by atoms with Gasteiger partial charge in [-0.25, -0.2) is 4.79 Å². The van der Waals surface area contributed by atoms with E-state index in [4.69, 9.17) is 5.21 Å². The van der Waals surface area contributed by atoms with E-state index < -0.39 is 29.9 Å². The third-order valence-corrected chi connectivity index (χ3v) is 5.53. The Kier molecular flexibility index (Phi) is 6.50. The predicted molar refractivity (Wildman–Crippen MR) is 107 cm³/mol. The number of β-lactam (4-membered cyclic amide) rings is 1. The molecule has 1 aliphatic rings. The van der Waals surface area contributed by atoms with E-state index in [-0.39, 0.29) is 18.0 Å². The van der Waals surface area contributed by atoms with Gasteiger partial charge < -0.3 is 20.5 Å². The molecule has 1 saturated heterocycles. The van der Waals surface area contributed by atoms with Gasteiger partial charge in [0.2, 0.25) is 5.91 Å².